The van der Waals surface area contributed by atoms with E-state index >= 15 is 0 Å². The highest BCUT2D eigenvalue weighted by atomic mass is 16.5. The standard InChI is InChI=1S/C24H24N4O4/c1-16-13-19(17(2)27(16)11-12-31-3)22(29)15-32-24(30)20-14-26-28-21(9-10-25-23(20)28)18-7-5-4-6-8-18/h4-10,13-14H,11-12,15H2,1-3H3. The number of rotatable bonds is 8. The molecule has 32 heavy (non-hydrogen) atoms. The van der Waals surface area contributed by atoms with Gasteiger partial charge in [-0.2, -0.15) is 5.10 Å². The highest BCUT2D eigenvalue weighted by Crippen LogP contribution is 2.21. The van der Waals surface area contributed by atoms with Gasteiger partial charge in [0.1, 0.15) is 5.56 Å². The van der Waals surface area contributed by atoms with Gasteiger partial charge in [0, 0.05) is 42.4 Å². The summed E-state index contributed by atoms with van der Waals surface area (Å²) >= 11 is 0. The van der Waals surface area contributed by atoms with Crippen LogP contribution in [-0.2, 0) is 16.0 Å². The first-order valence-electron chi connectivity index (χ1n) is 10.3. The lowest BCUT2D eigenvalue weighted by Crippen LogP contribution is -2.15. The van der Waals surface area contributed by atoms with Crippen LogP contribution in [0.15, 0.2) is 54.9 Å². The zero-order chi connectivity index (χ0) is 22.7. The van der Waals surface area contributed by atoms with Crippen molar-refractivity contribution in [1.82, 2.24) is 19.2 Å². The van der Waals surface area contributed by atoms with Crippen LogP contribution in [0.1, 0.15) is 32.1 Å². The third-order valence-electron chi connectivity index (χ3n) is 5.42. The third-order valence-corrected chi connectivity index (χ3v) is 5.42. The normalized spacial score (nSPS) is 11.1. The Balaban J connectivity index is 1.51. The van der Waals surface area contributed by atoms with E-state index in [1.807, 2.05) is 60.9 Å². The lowest BCUT2D eigenvalue weighted by Gasteiger charge is -2.09. The highest BCUT2D eigenvalue weighted by molar-refractivity contribution is 6.01. The number of fused-ring (bicyclic) bond motifs is 1. The number of Topliss-reactive ketones (excluding diaryl/α,β-unsaturated/α-hetero) is 1. The Labute approximate surface area is 185 Å². The molecule has 0 saturated carbocycles. The van der Waals surface area contributed by atoms with Crippen LogP contribution in [-0.4, -0.2) is 51.2 Å². The van der Waals surface area contributed by atoms with Crippen molar-refractivity contribution in [3.8, 4) is 11.3 Å². The average molecular weight is 432 g/mol. The molecule has 0 saturated heterocycles. The number of nitrogens with zero attached hydrogens (tertiary/aromatic N) is 4. The summed E-state index contributed by atoms with van der Waals surface area (Å²) in [6.07, 6.45) is 3.04. The van der Waals surface area contributed by atoms with E-state index < -0.39 is 5.97 Å². The van der Waals surface area contributed by atoms with E-state index in [1.54, 1.807) is 17.8 Å². The fourth-order valence-electron chi connectivity index (χ4n) is 3.76. The number of ether oxygens (including phenoxy) is 2. The summed E-state index contributed by atoms with van der Waals surface area (Å²) in [5, 5.41) is 4.31. The Kier molecular flexibility index (Phi) is 6.13. The third kappa shape index (κ3) is 4.04. The smallest absolute Gasteiger partial charge is 0.344 e. The second kappa shape index (κ2) is 9.15. The minimum Gasteiger partial charge on any atom is -0.454 e. The zero-order valence-electron chi connectivity index (χ0n) is 18.2. The maximum absolute atomic E-state index is 12.7. The molecule has 0 bridgehead atoms. The molecule has 0 radical (unpaired) electrons. The van der Waals surface area contributed by atoms with Gasteiger partial charge in [-0.15, -0.1) is 0 Å². The molecule has 4 aromatic rings. The number of aromatic nitrogens is 4. The molecule has 3 heterocycles. The molecule has 8 nitrogen and oxygen atoms in total. The summed E-state index contributed by atoms with van der Waals surface area (Å²) in [4.78, 5) is 29.7. The van der Waals surface area contributed by atoms with Gasteiger partial charge in [-0.1, -0.05) is 30.3 Å². The first kappa shape index (κ1) is 21.5. The molecule has 0 aliphatic rings. The topological polar surface area (TPSA) is 87.7 Å². The molecule has 0 N–H and O–H groups in total. The monoisotopic (exact) mass is 432 g/mol. The Hall–Kier alpha value is -3.78. The van der Waals surface area contributed by atoms with Crippen LogP contribution in [0, 0.1) is 13.8 Å². The van der Waals surface area contributed by atoms with E-state index in [4.69, 9.17) is 9.47 Å². The quantitative estimate of drug-likeness (QED) is 0.313. The van der Waals surface area contributed by atoms with Crippen molar-refractivity contribution in [1.29, 1.82) is 0 Å². The summed E-state index contributed by atoms with van der Waals surface area (Å²) in [7, 11) is 1.64. The predicted molar refractivity (Wildman–Crippen MR) is 119 cm³/mol. The molecule has 0 amide bonds. The average Bonchev–Trinajstić information content (AvgIpc) is 3.37. The number of methoxy groups -OCH3 is 1. The van der Waals surface area contributed by atoms with Gasteiger partial charge in [-0.05, 0) is 26.0 Å². The van der Waals surface area contributed by atoms with Crippen LogP contribution in [0.5, 0.6) is 0 Å². The van der Waals surface area contributed by atoms with Crippen LogP contribution in [0.2, 0.25) is 0 Å². The summed E-state index contributed by atoms with van der Waals surface area (Å²) in [5.41, 5.74) is 4.65. The fourth-order valence-corrected chi connectivity index (χ4v) is 3.76. The molecule has 8 heteroatoms. The van der Waals surface area contributed by atoms with E-state index in [1.165, 1.54) is 6.20 Å². The lowest BCUT2D eigenvalue weighted by molar-refractivity contribution is 0.0476. The summed E-state index contributed by atoms with van der Waals surface area (Å²) in [5.74, 6) is -0.899. The van der Waals surface area contributed by atoms with Crippen LogP contribution < -0.4 is 0 Å². The number of ketones is 1. The van der Waals surface area contributed by atoms with Gasteiger partial charge >= 0.3 is 5.97 Å². The second-order valence-corrected chi connectivity index (χ2v) is 7.42. The van der Waals surface area contributed by atoms with E-state index in [0.29, 0.717) is 24.4 Å². The molecular weight excluding hydrogens is 408 g/mol. The van der Waals surface area contributed by atoms with Crippen LogP contribution >= 0.6 is 0 Å². The molecule has 164 valence electrons. The number of hydrogen-bond acceptors (Lipinski definition) is 6. The first-order chi connectivity index (χ1) is 15.5. The SMILES string of the molecule is COCCn1c(C)cc(C(=O)COC(=O)c2cnn3c(-c4ccccc4)ccnc23)c1C. The number of carbonyl (C=O) groups is 2. The number of benzene rings is 1. The van der Waals surface area contributed by atoms with Gasteiger partial charge in [0.2, 0.25) is 5.78 Å². The molecular formula is C24H24N4O4. The number of carbonyl (C=O) groups excluding carboxylic acids is 2. The van der Waals surface area contributed by atoms with Crippen molar-refractivity contribution < 1.29 is 19.1 Å². The Bertz CT molecular complexity index is 1270. The fraction of sp³-hybridized carbons (Fsp3) is 0.250. The van der Waals surface area contributed by atoms with E-state index in [9.17, 15) is 9.59 Å². The first-order valence-corrected chi connectivity index (χ1v) is 10.3. The predicted octanol–water partition coefficient (Wildman–Crippen LogP) is 3.50. The Morgan fingerprint density at radius 3 is 2.59 bits per heavy atom. The summed E-state index contributed by atoms with van der Waals surface area (Å²) < 4.78 is 14.1. The van der Waals surface area contributed by atoms with Gasteiger partial charge in [0.15, 0.2) is 12.3 Å². The molecule has 3 aromatic heterocycles. The number of hydrogen-bond donors (Lipinski definition) is 0. The molecule has 0 atom stereocenters. The zero-order valence-corrected chi connectivity index (χ0v) is 18.2. The minimum absolute atomic E-state index is 0.209. The van der Waals surface area contributed by atoms with Crippen molar-refractivity contribution in [3.63, 3.8) is 0 Å². The van der Waals surface area contributed by atoms with Crippen LogP contribution in [0.3, 0.4) is 0 Å². The highest BCUT2D eigenvalue weighted by Gasteiger charge is 2.21. The van der Waals surface area contributed by atoms with Gasteiger partial charge in [0.05, 0.1) is 18.5 Å². The maximum Gasteiger partial charge on any atom is 0.344 e. The molecule has 4 rings (SSSR count). The molecule has 0 aliphatic heterocycles. The number of aryl methyl sites for hydroxylation is 1. The lowest BCUT2D eigenvalue weighted by atomic mass is 10.1. The van der Waals surface area contributed by atoms with Gasteiger partial charge < -0.3 is 14.0 Å². The summed E-state index contributed by atoms with van der Waals surface area (Å²) in [6.45, 7) is 4.65. The van der Waals surface area contributed by atoms with E-state index in [0.717, 1.165) is 22.6 Å². The molecule has 0 aliphatic carbocycles. The second-order valence-electron chi connectivity index (χ2n) is 7.42. The number of esters is 1. The molecule has 1 aromatic carbocycles. The molecule has 0 spiro atoms. The van der Waals surface area contributed by atoms with Crippen molar-refractivity contribution in [2.45, 2.75) is 20.4 Å². The molecule has 0 unspecified atom stereocenters. The van der Waals surface area contributed by atoms with Crippen molar-refractivity contribution >= 4 is 17.4 Å². The van der Waals surface area contributed by atoms with Gasteiger partial charge in [-0.3, -0.25) is 4.79 Å². The molecule has 0 fully saturated rings. The summed E-state index contributed by atoms with van der Waals surface area (Å²) in [6, 6.07) is 13.3. The van der Waals surface area contributed by atoms with Crippen LogP contribution in [0.4, 0.5) is 0 Å². The van der Waals surface area contributed by atoms with E-state index in [-0.39, 0.29) is 18.0 Å². The van der Waals surface area contributed by atoms with Gasteiger partial charge in [-0.25, -0.2) is 14.3 Å². The van der Waals surface area contributed by atoms with Crippen LogP contribution in [0.25, 0.3) is 16.9 Å². The Morgan fingerprint density at radius 1 is 1.06 bits per heavy atom. The largest absolute Gasteiger partial charge is 0.454 e. The van der Waals surface area contributed by atoms with Crippen molar-refractivity contribution in [3.05, 3.63) is 77.4 Å². The van der Waals surface area contributed by atoms with Gasteiger partial charge in [0.25, 0.3) is 0 Å². The van der Waals surface area contributed by atoms with Crippen molar-refractivity contribution in [2.75, 3.05) is 20.3 Å². The Morgan fingerprint density at radius 2 is 1.84 bits per heavy atom. The minimum atomic E-state index is -0.640. The maximum atomic E-state index is 12.7. The van der Waals surface area contributed by atoms with Crippen molar-refractivity contribution in [2.24, 2.45) is 0 Å². The van der Waals surface area contributed by atoms with E-state index in [2.05, 4.69) is 10.1 Å².